The van der Waals surface area contributed by atoms with E-state index >= 15 is 0 Å². The van der Waals surface area contributed by atoms with E-state index in [0.29, 0.717) is 12.1 Å². The first-order valence-corrected chi connectivity index (χ1v) is 5.87. The number of nitrogens with zero attached hydrogens (tertiary/aromatic N) is 2. The molecule has 1 heterocycles. The lowest BCUT2D eigenvalue weighted by molar-refractivity contribution is 0.0673. The van der Waals surface area contributed by atoms with Gasteiger partial charge in [-0.3, -0.25) is 9.80 Å². The van der Waals surface area contributed by atoms with E-state index in [-0.39, 0.29) is 0 Å². The zero-order valence-electron chi connectivity index (χ0n) is 10.5. The van der Waals surface area contributed by atoms with Gasteiger partial charge in [0.1, 0.15) is 0 Å². The van der Waals surface area contributed by atoms with E-state index in [9.17, 15) is 0 Å². The number of allylic oxidation sites excluding steroid dienone is 3. The van der Waals surface area contributed by atoms with Gasteiger partial charge in [-0.25, -0.2) is 0 Å². The number of hydrogen-bond donors (Lipinski definition) is 0. The van der Waals surface area contributed by atoms with Gasteiger partial charge in [-0.15, -0.1) is 0 Å². The second kappa shape index (κ2) is 6.09. The Kier molecular flexibility index (Phi) is 5.06. The molecule has 1 fully saturated rings. The quantitative estimate of drug-likeness (QED) is 0.656. The third-order valence-corrected chi connectivity index (χ3v) is 3.24. The molecule has 0 amide bonds. The molecule has 15 heavy (non-hydrogen) atoms. The summed E-state index contributed by atoms with van der Waals surface area (Å²) in [6, 6.07) is 1.34. The highest BCUT2D eigenvalue weighted by Gasteiger charge is 2.25. The molecule has 0 N–H and O–H groups in total. The fourth-order valence-electron chi connectivity index (χ4n) is 2.06. The van der Waals surface area contributed by atoms with Gasteiger partial charge >= 0.3 is 0 Å². The molecule has 2 unspecified atom stereocenters. The predicted octanol–water partition coefficient (Wildman–Crippen LogP) is 2.14. The van der Waals surface area contributed by atoms with Crippen LogP contribution in [0.2, 0.25) is 0 Å². The summed E-state index contributed by atoms with van der Waals surface area (Å²) in [5, 5.41) is 0. The second-order valence-corrected chi connectivity index (χ2v) is 4.54. The summed E-state index contributed by atoms with van der Waals surface area (Å²) in [5.41, 5.74) is 0. The predicted molar refractivity (Wildman–Crippen MR) is 67.1 cm³/mol. The van der Waals surface area contributed by atoms with E-state index in [1.165, 1.54) is 13.1 Å². The van der Waals surface area contributed by atoms with E-state index in [1.807, 2.05) is 6.92 Å². The lowest BCUT2D eigenvalue weighted by Gasteiger charge is -2.42. The van der Waals surface area contributed by atoms with Gasteiger partial charge in [-0.2, -0.15) is 0 Å². The van der Waals surface area contributed by atoms with E-state index < -0.39 is 0 Å². The van der Waals surface area contributed by atoms with Crippen molar-refractivity contribution in [2.45, 2.75) is 32.9 Å². The maximum Gasteiger partial charge on any atom is 0.0195 e. The van der Waals surface area contributed by atoms with Crippen LogP contribution in [-0.2, 0) is 0 Å². The van der Waals surface area contributed by atoms with Gasteiger partial charge in [0.05, 0.1) is 0 Å². The van der Waals surface area contributed by atoms with Gasteiger partial charge < -0.3 is 0 Å². The van der Waals surface area contributed by atoms with Crippen LogP contribution in [0.4, 0.5) is 0 Å². The Balaban J connectivity index is 2.38. The lowest BCUT2D eigenvalue weighted by Crippen LogP contribution is -2.54. The Labute approximate surface area is 94.3 Å². The summed E-state index contributed by atoms with van der Waals surface area (Å²) < 4.78 is 0. The molecule has 0 aliphatic carbocycles. The molecule has 0 aromatic carbocycles. The van der Waals surface area contributed by atoms with Crippen molar-refractivity contribution in [1.29, 1.82) is 0 Å². The molecule has 0 saturated carbocycles. The first-order valence-electron chi connectivity index (χ1n) is 5.87. The molecule has 0 bridgehead atoms. The van der Waals surface area contributed by atoms with Crippen molar-refractivity contribution in [3.05, 3.63) is 24.3 Å². The maximum atomic E-state index is 2.52. The molecule has 1 rings (SSSR count). The average molecular weight is 208 g/mol. The average Bonchev–Trinajstić information content (AvgIpc) is 2.21. The third-order valence-electron chi connectivity index (χ3n) is 3.24. The normalized spacial score (nSPS) is 30.7. The van der Waals surface area contributed by atoms with Crippen LogP contribution in [0, 0.1) is 0 Å². The maximum absolute atomic E-state index is 2.52. The smallest absolute Gasteiger partial charge is 0.0195 e. The van der Waals surface area contributed by atoms with E-state index in [0.717, 1.165) is 6.54 Å². The SMILES string of the molecule is C/C=C\C=C/CN1CC(C)N(C)C(C)C1. The van der Waals surface area contributed by atoms with Crippen molar-refractivity contribution in [3.63, 3.8) is 0 Å². The van der Waals surface area contributed by atoms with E-state index in [2.05, 4.69) is 55.0 Å². The number of piperazine rings is 1. The second-order valence-electron chi connectivity index (χ2n) is 4.54. The van der Waals surface area contributed by atoms with Crippen LogP contribution >= 0.6 is 0 Å². The molecule has 0 aromatic heterocycles. The minimum atomic E-state index is 0.670. The van der Waals surface area contributed by atoms with Crippen molar-refractivity contribution < 1.29 is 0 Å². The van der Waals surface area contributed by atoms with E-state index in [1.54, 1.807) is 0 Å². The molecule has 2 atom stereocenters. The standard InChI is InChI=1S/C13H24N2/c1-5-6-7-8-9-15-10-12(2)14(4)13(3)11-15/h5-8,12-13H,9-11H2,1-4H3/b6-5-,8-7-. The summed E-state index contributed by atoms with van der Waals surface area (Å²) >= 11 is 0. The Morgan fingerprint density at radius 1 is 1.13 bits per heavy atom. The molecule has 0 spiro atoms. The van der Waals surface area contributed by atoms with Gasteiger partial charge in [0.2, 0.25) is 0 Å². The van der Waals surface area contributed by atoms with E-state index in [4.69, 9.17) is 0 Å². The highest BCUT2D eigenvalue weighted by molar-refractivity contribution is 5.02. The van der Waals surface area contributed by atoms with Crippen LogP contribution in [-0.4, -0.2) is 48.6 Å². The molecule has 1 aliphatic rings. The number of likely N-dealkylation sites (N-methyl/N-ethyl adjacent to an activating group) is 1. The van der Waals surface area contributed by atoms with Crippen LogP contribution in [0.1, 0.15) is 20.8 Å². The Morgan fingerprint density at radius 2 is 1.73 bits per heavy atom. The largest absolute Gasteiger partial charge is 0.298 e. The lowest BCUT2D eigenvalue weighted by atomic mass is 10.1. The Hall–Kier alpha value is -0.600. The Morgan fingerprint density at radius 3 is 2.27 bits per heavy atom. The van der Waals surface area contributed by atoms with Crippen LogP contribution < -0.4 is 0 Å². The van der Waals surface area contributed by atoms with Gasteiger partial charge in [0.25, 0.3) is 0 Å². The van der Waals surface area contributed by atoms with Crippen molar-refractivity contribution in [3.8, 4) is 0 Å². The first kappa shape index (κ1) is 12.5. The zero-order valence-corrected chi connectivity index (χ0v) is 10.5. The number of hydrogen-bond acceptors (Lipinski definition) is 2. The molecule has 1 saturated heterocycles. The van der Waals surface area contributed by atoms with Crippen molar-refractivity contribution in [1.82, 2.24) is 9.80 Å². The summed E-state index contributed by atoms with van der Waals surface area (Å²) in [6.07, 6.45) is 8.52. The van der Waals surface area contributed by atoms with Crippen LogP contribution in [0.5, 0.6) is 0 Å². The summed E-state index contributed by atoms with van der Waals surface area (Å²) in [6.45, 7) is 10.1. The monoisotopic (exact) mass is 208 g/mol. The highest BCUT2D eigenvalue weighted by atomic mass is 15.3. The van der Waals surface area contributed by atoms with Crippen molar-refractivity contribution in [2.75, 3.05) is 26.7 Å². The van der Waals surface area contributed by atoms with Crippen molar-refractivity contribution in [2.24, 2.45) is 0 Å². The van der Waals surface area contributed by atoms with Gasteiger partial charge in [-0.1, -0.05) is 24.3 Å². The first-order chi connectivity index (χ1) is 7.15. The minimum absolute atomic E-state index is 0.670. The zero-order chi connectivity index (χ0) is 11.3. The van der Waals surface area contributed by atoms with Crippen LogP contribution in [0.15, 0.2) is 24.3 Å². The molecule has 1 aliphatic heterocycles. The van der Waals surface area contributed by atoms with Gasteiger partial charge in [-0.05, 0) is 27.8 Å². The minimum Gasteiger partial charge on any atom is -0.298 e. The van der Waals surface area contributed by atoms with Gasteiger partial charge in [0, 0.05) is 31.7 Å². The molecular weight excluding hydrogens is 184 g/mol. The number of rotatable bonds is 3. The Bertz CT molecular complexity index is 221. The summed E-state index contributed by atoms with van der Waals surface area (Å²) in [4.78, 5) is 4.99. The molecule has 2 heteroatoms. The summed E-state index contributed by atoms with van der Waals surface area (Å²) in [5.74, 6) is 0. The van der Waals surface area contributed by atoms with Crippen molar-refractivity contribution >= 4 is 0 Å². The molecule has 0 radical (unpaired) electrons. The fourth-order valence-corrected chi connectivity index (χ4v) is 2.06. The van der Waals surface area contributed by atoms with Gasteiger partial charge in [0.15, 0.2) is 0 Å². The van der Waals surface area contributed by atoms with Crippen LogP contribution in [0.3, 0.4) is 0 Å². The highest BCUT2D eigenvalue weighted by Crippen LogP contribution is 2.12. The summed E-state index contributed by atoms with van der Waals surface area (Å²) in [7, 11) is 2.22. The fraction of sp³-hybridized carbons (Fsp3) is 0.692. The molecule has 0 aromatic rings. The molecule has 2 nitrogen and oxygen atoms in total. The van der Waals surface area contributed by atoms with Crippen LogP contribution in [0.25, 0.3) is 0 Å². The molecular formula is C13H24N2. The molecule has 86 valence electrons. The topological polar surface area (TPSA) is 6.48 Å². The third kappa shape index (κ3) is 3.80.